The molecule has 0 aliphatic carbocycles. The first-order valence-corrected chi connectivity index (χ1v) is 6.24. The number of benzene rings is 1. The molecule has 1 heterocycles. The molecule has 20 heavy (non-hydrogen) atoms. The number of fused-ring (bicyclic) bond motifs is 1. The lowest BCUT2D eigenvalue weighted by Gasteiger charge is -2.17. The quantitative estimate of drug-likeness (QED) is 0.804. The second kappa shape index (κ2) is 4.72. The molecule has 6 nitrogen and oxygen atoms in total. The Bertz CT molecular complexity index is 602. The lowest BCUT2D eigenvalue weighted by molar-refractivity contribution is -0.117. The van der Waals surface area contributed by atoms with Gasteiger partial charge >= 0.3 is 0 Å². The molecule has 3 amide bonds. The minimum atomic E-state index is -0.604. The Kier molecular flexibility index (Phi) is 3.35. The number of hydrogen-bond donors (Lipinski definition) is 2. The second-order valence-corrected chi connectivity index (χ2v) is 5.64. The Morgan fingerprint density at radius 3 is 2.45 bits per heavy atom. The van der Waals surface area contributed by atoms with Crippen LogP contribution >= 0.6 is 0 Å². The number of amides is 3. The molecule has 0 saturated carbocycles. The molecule has 0 fully saturated rings. The topological polar surface area (TPSA) is 92.5 Å². The maximum atomic E-state index is 11.8. The van der Waals surface area contributed by atoms with E-state index in [2.05, 4.69) is 5.32 Å². The molecule has 1 aromatic carbocycles. The van der Waals surface area contributed by atoms with Crippen molar-refractivity contribution in [2.24, 2.45) is 5.73 Å². The van der Waals surface area contributed by atoms with E-state index in [0.29, 0.717) is 16.8 Å². The number of hydrogen-bond acceptors (Lipinski definition) is 4. The van der Waals surface area contributed by atoms with Gasteiger partial charge in [-0.2, -0.15) is 0 Å². The number of carbonyl (C=O) groups excluding carboxylic acids is 3. The van der Waals surface area contributed by atoms with Crippen molar-refractivity contribution in [3.05, 3.63) is 29.3 Å². The molecule has 0 spiro atoms. The van der Waals surface area contributed by atoms with Gasteiger partial charge in [-0.25, -0.2) is 0 Å². The first-order valence-electron chi connectivity index (χ1n) is 6.24. The Hall–Kier alpha value is -2.21. The maximum Gasteiger partial charge on any atom is 0.261 e. The fourth-order valence-corrected chi connectivity index (χ4v) is 2.06. The zero-order chi connectivity index (χ0) is 15.1. The van der Waals surface area contributed by atoms with Crippen LogP contribution in [0.4, 0.5) is 5.69 Å². The van der Waals surface area contributed by atoms with Crippen LogP contribution in [0.5, 0.6) is 0 Å². The van der Waals surface area contributed by atoms with Crippen LogP contribution < -0.4 is 11.1 Å². The van der Waals surface area contributed by atoms with E-state index in [1.54, 1.807) is 26.0 Å². The highest BCUT2D eigenvalue weighted by Gasteiger charge is 2.32. The van der Waals surface area contributed by atoms with E-state index in [0.717, 1.165) is 4.90 Å². The molecule has 1 aromatic rings. The van der Waals surface area contributed by atoms with E-state index >= 15 is 0 Å². The summed E-state index contributed by atoms with van der Waals surface area (Å²) < 4.78 is 0. The molecule has 0 saturated heterocycles. The highest BCUT2D eigenvalue weighted by Crippen LogP contribution is 2.24. The largest absolute Gasteiger partial charge is 0.326 e. The third-order valence-electron chi connectivity index (χ3n) is 2.99. The van der Waals surface area contributed by atoms with Gasteiger partial charge in [0.05, 0.1) is 11.1 Å². The fourth-order valence-electron chi connectivity index (χ4n) is 2.06. The number of rotatable bonds is 3. The molecule has 0 atom stereocenters. The first kappa shape index (κ1) is 14.2. The summed E-state index contributed by atoms with van der Waals surface area (Å²) in [6.45, 7) is 3.51. The molecule has 0 aromatic heterocycles. The number of carbonyl (C=O) groups is 3. The molecule has 3 N–H and O–H groups in total. The summed E-state index contributed by atoms with van der Waals surface area (Å²) in [6, 6.07) is 4.66. The van der Waals surface area contributed by atoms with E-state index in [4.69, 9.17) is 5.73 Å². The van der Waals surface area contributed by atoms with Crippen LogP contribution in [-0.4, -0.2) is 35.2 Å². The summed E-state index contributed by atoms with van der Waals surface area (Å²) in [4.78, 5) is 36.4. The minimum absolute atomic E-state index is 0.164. The zero-order valence-corrected chi connectivity index (χ0v) is 11.7. The van der Waals surface area contributed by atoms with Gasteiger partial charge in [-0.3, -0.25) is 19.3 Å². The molecule has 0 radical (unpaired) electrons. The van der Waals surface area contributed by atoms with Crippen molar-refractivity contribution in [1.29, 1.82) is 0 Å². The van der Waals surface area contributed by atoms with Crippen LogP contribution in [0, 0.1) is 0 Å². The van der Waals surface area contributed by atoms with Gasteiger partial charge in [-0.15, -0.1) is 0 Å². The van der Waals surface area contributed by atoms with Gasteiger partial charge < -0.3 is 11.1 Å². The highest BCUT2D eigenvalue weighted by molar-refractivity contribution is 6.21. The van der Waals surface area contributed by atoms with Crippen molar-refractivity contribution >= 4 is 23.4 Å². The minimum Gasteiger partial charge on any atom is -0.326 e. The van der Waals surface area contributed by atoms with Crippen LogP contribution in [-0.2, 0) is 4.79 Å². The summed E-state index contributed by atoms with van der Waals surface area (Å²) in [5, 5.41) is 2.68. The monoisotopic (exact) mass is 275 g/mol. The van der Waals surface area contributed by atoms with E-state index < -0.39 is 5.54 Å². The number of nitrogens with two attached hydrogens (primary N) is 1. The van der Waals surface area contributed by atoms with E-state index in [-0.39, 0.29) is 24.1 Å². The van der Waals surface area contributed by atoms with Crippen LogP contribution in [0.1, 0.15) is 41.0 Å². The molecule has 1 aliphatic heterocycles. The standard InChI is InChI=1S/C14H17N3O3/c1-14(2,15)7-11(18)16-8-4-5-9-10(6-8)13(20)17(3)12(9)19/h4-6H,7,15H2,1-3H3,(H,16,18). The average Bonchev–Trinajstić information content (AvgIpc) is 2.52. The number of imide groups is 1. The predicted molar refractivity (Wildman–Crippen MR) is 74.4 cm³/mol. The van der Waals surface area contributed by atoms with Gasteiger partial charge in [0.2, 0.25) is 5.91 Å². The van der Waals surface area contributed by atoms with Gasteiger partial charge in [0, 0.05) is 24.7 Å². The molecule has 0 bridgehead atoms. The van der Waals surface area contributed by atoms with Crippen LogP contribution in [0.15, 0.2) is 18.2 Å². The number of nitrogens with one attached hydrogen (secondary N) is 1. The van der Waals surface area contributed by atoms with Crippen LogP contribution in [0.25, 0.3) is 0 Å². The molecule has 1 aliphatic rings. The van der Waals surface area contributed by atoms with Crippen LogP contribution in [0.2, 0.25) is 0 Å². The smallest absolute Gasteiger partial charge is 0.261 e. The van der Waals surface area contributed by atoms with Crippen molar-refractivity contribution in [2.75, 3.05) is 12.4 Å². The summed E-state index contributed by atoms with van der Waals surface area (Å²) in [6.07, 6.45) is 0.164. The predicted octanol–water partition coefficient (Wildman–Crippen LogP) is 0.978. The molecule has 0 unspecified atom stereocenters. The van der Waals surface area contributed by atoms with Gasteiger partial charge in [0.15, 0.2) is 0 Å². The van der Waals surface area contributed by atoms with Crippen molar-refractivity contribution < 1.29 is 14.4 Å². The van der Waals surface area contributed by atoms with Gasteiger partial charge in [0.1, 0.15) is 0 Å². The number of anilines is 1. The Morgan fingerprint density at radius 1 is 1.25 bits per heavy atom. The van der Waals surface area contributed by atoms with E-state index in [9.17, 15) is 14.4 Å². The lowest BCUT2D eigenvalue weighted by Crippen LogP contribution is -2.36. The van der Waals surface area contributed by atoms with E-state index in [1.807, 2.05) is 0 Å². The Balaban J connectivity index is 2.20. The SMILES string of the molecule is CN1C(=O)c2ccc(NC(=O)CC(C)(C)N)cc2C1=O. The van der Waals surface area contributed by atoms with Crippen molar-refractivity contribution in [2.45, 2.75) is 25.8 Å². The maximum absolute atomic E-state index is 11.8. The fraction of sp³-hybridized carbons (Fsp3) is 0.357. The highest BCUT2D eigenvalue weighted by atomic mass is 16.2. The van der Waals surface area contributed by atoms with Crippen molar-refractivity contribution in [3.63, 3.8) is 0 Å². The summed E-state index contributed by atoms with van der Waals surface area (Å²) >= 11 is 0. The Morgan fingerprint density at radius 2 is 1.85 bits per heavy atom. The molecule has 106 valence electrons. The van der Waals surface area contributed by atoms with Gasteiger partial charge in [-0.05, 0) is 32.0 Å². The van der Waals surface area contributed by atoms with Gasteiger partial charge in [-0.1, -0.05) is 0 Å². The van der Waals surface area contributed by atoms with Crippen molar-refractivity contribution in [1.82, 2.24) is 4.90 Å². The van der Waals surface area contributed by atoms with Crippen molar-refractivity contribution in [3.8, 4) is 0 Å². The average molecular weight is 275 g/mol. The lowest BCUT2D eigenvalue weighted by atomic mass is 10.0. The summed E-state index contributed by atoms with van der Waals surface area (Å²) in [5.74, 6) is -0.922. The molecule has 6 heteroatoms. The third-order valence-corrected chi connectivity index (χ3v) is 2.99. The molecular weight excluding hydrogens is 258 g/mol. The molecular formula is C14H17N3O3. The third kappa shape index (κ3) is 2.70. The first-order chi connectivity index (χ1) is 9.19. The van der Waals surface area contributed by atoms with Crippen LogP contribution in [0.3, 0.4) is 0 Å². The number of nitrogens with zero attached hydrogens (tertiary/aromatic N) is 1. The van der Waals surface area contributed by atoms with E-state index in [1.165, 1.54) is 13.1 Å². The molecule has 2 rings (SSSR count). The van der Waals surface area contributed by atoms with Gasteiger partial charge in [0.25, 0.3) is 11.8 Å². The second-order valence-electron chi connectivity index (χ2n) is 5.64. The Labute approximate surface area is 116 Å². The normalized spacial score (nSPS) is 14.5. The zero-order valence-electron chi connectivity index (χ0n) is 11.7. The summed E-state index contributed by atoms with van der Waals surface area (Å²) in [7, 11) is 1.43. The summed E-state index contributed by atoms with van der Waals surface area (Å²) in [5.41, 5.74) is 6.31.